The van der Waals surface area contributed by atoms with E-state index in [0.717, 1.165) is 23.7 Å². The van der Waals surface area contributed by atoms with Gasteiger partial charge in [-0.1, -0.05) is 47.0 Å². The lowest BCUT2D eigenvalue weighted by Crippen LogP contribution is -1.89. The van der Waals surface area contributed by atoms with E-state index < -0.39 is 0 Å². The maximum absolute atomic E-state index is 2.42. The molecule has 0 nitrogen and oxygen atoms in total. The Balaban J connectivity index is 2.02. The van der Waals surface area contributed by atoms with Crippen LogP contribution in [0.25, 0.3) is 0 Å². The molecule has 1 aliphatic rings. The van der Waals surface area contributed by atoms with Crippen molar-refractivity contribution in [3.63, 3.8) is 0 Å². The molecule has 0 N–H and O–H groups in total. The van der Waals surface area contributed by atoms with Gasteiger partial charge in [0.15, 0.2) is 0 Å². The van der Waals surface area contributed by atoms with Gasteiger partial charge < -0.3 is 0 Å². The Hall–Kier alpha value is 0. The minimum atomic E-state index is 0.902. The highest BCUT2D eigenvalue weighted by Gasteiger charge is 2.43. The van der Waals surface area contributed by atoms with Gasteiger partial charge in [-0.25, -0.2) is 0 Å². The first-order valence-corrected chi connectivity index (χ1v) is 5.66. The van der Waals surface area contributed by atoms with Gasteiger partial charge in [0, 0.05) is 0 Å². The lowest BCUT2D eigenvalue weighted by Gasteiger charge is -2.03. The predicted molar refractivity (Wildman–Crippen MR) is 55.1 cm³/mol. The van der Waals surface area contributed by atoms with Crippen molar-refractivity contribution in [3.05, 3.63) is 0 Å². The van der Waals surface area contributed by atoms with E-state index >= 15 is 0 Å². The van der Waals surface area contributed by atoms with E-state index in [2.05, 4.69) is 27.7 Å². The first-order valence-electron chi connectivity index (χ1n) is 5.66. The molecule has 3 atom stereocenters. The highest BCUT2D eigenvalue weighted by Crippen LogP contribution is 2.50. The van der Waals surface area contributed by atoms with Crippen LogP contribution in [0.1, 0.15) is 53.4 Å². The molecule has 0 bridgehead atoms. The van der Waals surface area contributed by atoms with Crippen LogP contribution >= 0.6 is 0 Å². The van der Waals surface area contributed by atoms with Crippen LogP contribution in [0.3, 0.4) is 0 Å². The van der Waals surface area contributed by atoms with Crippen molar-refractivity contribution in [2.24, 2.45) is 23.7 Å². The van der Waals surface area contributed by atoms with Crippen molar-refractivity contribution in [2.45, 2.75) is 53.4 Å². The smallest absolute Gasteiger partial charge is 0.0355 e. The average Bonchev–Trinajstić information content (AvgIpc) is 2.60. The fraction of sp³-hybridized carbons (Fsp3) is 1.00. The Morgan fingerprint density at radius 1 is 1.17 bits per heavy atom. The van der Waals surface area contributed by atoms with Crippen LogP contribution in [0.5, 0.6) is 0 Å². The molecule has 1 saturated carbocycles. The zero-order valence-corrected chi connectivity index (χ0v) is 9.14. The first kappa shape index (κ1) is 10.1. The molecule has 0 saturated heterocycles. The zero-order chi connectivity index (χ0) is 9.14. The minimum Gasteiger partial charge on any atom is -0.0651 e. The summed E-state index contributed by atoms with van der Waals surface area (Å²) in [7, 11) is 0. The quantitative estimate of drug-likeness (QED) is 0.579. The summed E-state index contributed by atoms with van der Waals surface area (Å²) < 4.78 is 0. The summed E-state index contributed by atoms with van der Waals surface area (Å²) in [6, 6.07) is 0. The second-order valence-corrected chi connectivity index (χ2v) is 4.92. The summed E-state index contributed by atoms with van der Waals surface area (Å²) >= 11 is 0. The molecule has 1 fully saturated rings. The molecule has 0 aliphatic heterocycles. The number of rotatable bonds is 5. The maximum atomic E-state index is 2.42. The lowest BCUT2D eigenvalue weighted by molar-refractivity contribution is 0.501. The van der Waals surface area contributed by atoms with Gasteiger partial charge in [-0.3, -0.25) is 0 Å². The van der Waals surface area contributed by atoms with Crippen molar-refractivity contribution in [2.75, 3.05) is 0 Å². The van der Waals surface area contributed by atoms with Gasteiger partial charge in [0.25, 0.3) is 0 Å². The summed E-state index contributed by atoms with van der Waals surface area (Å²) in [4.78, 5) is 0. The van der Waals surface area contributed by atoms with Crippen LogP contribution < -0.4 is 0 Å². The summed E-state index contributed by atoms with van der Waals surface area (Å²) in [5.74, 6) is 4.12. The molecular weight excluding hydrogens is 144 g/mol. The van der Waals surface area contributed by atoms with Crippen LogP contribution in [-0.2, 0) is 0 Å². The Morgan fingerprint density at radius 2 is 1.83 bits per heavy atom. The van der Waals surface area contributed by atoms with Gasteiger partial charge in [-0.05, 0) is 30.1 Å². The summed E-state index contributed by atoms with van der Waals surface area (Å²) in [5, 5.41) is 0. The predicted octanol–water partition coefficient (Wildman–Crippen LogP) is 4.10. The van der Waals surface area contributed by atoms with Crippen LogP contribution in [0.2, 0.25) is 0 Å². The topological polar surface area (TPSA) is 0 Å². The molecule has 0 heteroatoms. The van der Waals surface area contributed by atoms with E-state index in [4.69, 9.17) is 0 Å². The van der Waals surface area contributed by atoms with Crippen LogP contribution in [0, 0.1) is 23.7 Å². The van der Waals surface area contributed by atoms with Gasteiger partial charge in [0.05, 0.1) is 0 Å². The Morgan fingerprint density at radius 3 is 2.25 bits per heavy atom. The van der Waals surface area contributed by atoms with E-state index in [-0.39, 0.29) is 0 Å². The van der Waals surface area contributed by atoms with Gasteiger partial charge in [-0.15, -0.1) is 0 Å². The van der Waals surface area contributed by atoms with Crippen molar-refractivity contribution in [1.82, 2.24) is 0 Å². The molecule has 0 aromatic rings. The minimum absolute atomic E-state index is 0.902. The average molecular weight is 168 g/mol. The zero-order valence-electron chi connectivity index (χ0n) is 9.14. The van der Waals surface area contributed by atoms with Gasteiger partial charge in [0.2, 0.25) is 0 Å². The monoisotopic (exact) mass is 168 g/mol. The highest BCUT2D eigenvalue weighted by atomic mass is 14.5. The van der Waals surface area contributed by atoms with Crippen LogP contribution in [-0.4, -0.2) is 0 Å². The Bertz CT molecular complexity index is 126. The number of hydrogen-bond donors (Lipinski definition) is 0. The second kappa shape index (κ2) is 4.30. The summed E-state index contributed by atoms with van der Waals surface area (Å²) in [5.41, 5.74) is 0. The van der Waals surface area contributed by atoms with E-state index in [1.807, 2.05) is 0 Å². The molecule has 1 aliphatic carbocycles. The largest absolute Gasteiger partial charge is 0.0651 e. The van der Waals surface area contributed by atoms with Crippen molar-refractivity contribution in [1.29, 1.82) is 0 Å². The normalized spacial score (nSPS) is 34.2. The Labute approximate surface area is 77.7 Å². The molecule has 72 valence electrons. The molecule has 0 aromatic carbocycles. The molecule has 0 aromatic heterocycles. The third kappa shape index (κ3) is 2.50. The summed E-state index contributed by atoms with van der Waals surface area (Å²) in [6.07, 6.45) is 5.80. The van der Waals surface area contributed by atoms with Gasteiger partial charge in [-0.2, -0.15) is 0 Å². The van der Waals surface area contributed by atoms with Crippen molar-refractivity contribution < 1.29 is 0 Å². The molecule has 0 amide bonds. The SMILES string of the molecule is CCC1C(C)C1CCCC(C)C. The Kier molecular flexibility index (Phi) is 3.61. The summed E-state index contributed by atoms with van der Waals surface area (Å²) in [6.45, 7) is 9.42. The third-order valence-corrected chi connectivity index (χ3v) is 3.55. The lowest BCUT2D eigenvalue weighted by atomic mass is 10.0. The molecule has 3 unspecified atom stereocenters. The van der Waals surface area contributed by atoms with Gasteiger partial charge in [0.1, 0.15) is 0 Å². The van der Waals surface area contributed by atoms with E-state index in [9.17, 15) is 0 Å². The fourth-order valence-electron chi connectivity index (χ4n) is 2.55. The molecule has 12 heavy (non-hydrogen) atoms. The molecular formula is C12H24. The molecule has 0 spiro atoms. The second-order valence-electron chi connectivity index (χ2n) is 4.92. The first-order chi connectivity index (χ1) is 5.66. The van der Waals surface area contributed by atoms with E-state index in [0.29, 0.717) is 0 Å². The van der Waals surface area contributed by atoms with Gasteiger partial charge >= 0.3 is 0 Å². The van der Waals surface area contributed by atoms with Crippen LogP contribution in [0.4, 0.5) is 0 Å². The van der Waals surface area contributed by atoms with Crippen molar-refractivity contribution >= 4 is 0 Å². The van der Waals surface area contributed by atoms with Crippen LogP contribution in [0.15, 0.2) is 0 Å². The fourth-order valence-corrected chi connectivity index (χ4v) is 2.55. The van der Waals surface area contributed by atoms with E-state index in [1.54, 1.807) is 0 Å². The molecule has 0 radical (unpaired) electrons. The molecule has 1 rings (SSSR count). The third-order valence-electron chi connectivity index (χ3n) is 3.55. The van der Waals surface area contributed by atoms with E-state index in [1.165, 1.54) is 25.7 Å². The van der Waals surface area contributed by atoms with Crippen molar-refractivity contribution in [3.8, 4) is 0 Å². The molecule has 0 heterocycles. The number of hydrogen-bond acceptors (Lipinski definition) is 0. The maximum Gasteiger partial charge on any atom is -0.0355 e. The highest BCUT2D eigenvalue weighted by molar-refractivity contribution is 4.92. The standard InChI is InChI=1S/C12H24/c1-5-11-10(4)12(11)8-6-7-9(2)3/h9-12H,5-8H2,1-4H3.